The number of fused-ring (bicyclic) bond motifs is 2. The number of hydrogen-bond acceptors (Lipinski definition) is 3. The molecule has 0 aromatic heterocycles. The first-order valence-corrected chi connectivity index (χ1v) is 7.04. The van der Waals surface area contributed by atoms with Gasteiger partial charge in [-0.15, -0.1) is 11.8 Å². The number of carbonyl (C=O) groups is 1. The number of thioether (sulfide) groups is 1. The topological polar surface area (TPSA) is 41.1 Å². The van der Waals surface area contributed by atoms with Gasteiger partial charge in [0.25, 0.3) is 0 Å². The lowest BCUT2D eigenvalue weighted by molar-refractivity contribution is -0.119. The van der Waals surface area contributed by atoms with Crippen molar-refractivity contribution < 1.29 is 4.79 Å². The monoisotopic (exact) mass is 248 g/mol. The highest BCUT2D eigenvalue weighted by Crippen LogP contribution is 2.43. The Bertz CT molecular complexity index is 449. The minimum Gasteiger partial charge on any atom is -0.371 e. The summed E-state index contributed by atoms with van der Waals surface area (Å²) >= 11 is 1.90. The lowest BCUT2D eigenvalue weighted by Gasteiger charge is -2.15. The van der Waals surface area contributed by atoms with E-state index in [-0.39, 0.29) is 17.2 Å². The zero-order valence-corrected chi connectivity index (χ0v) is 10.6. The number of rotatable bonds is 1. The third-order valence-corrected chi connectivity index (χ3v) is 5.15. The standard InChI is InChI=1S/C13H16N2OS/c1-2-8-7-9-12(16)14-10-5-3-4-6-11(10)15-13(9)17-8/h3-6,8-9,13,15H,2,7H2,1H3,(H,14,16). The van der Waals surface area contributed by atoms with Crippen LogP contribution in [0.15, 0.2) is 24.3 Å². The summed E-state index contributed by atoms with van der Waals surface area (Å²) in [6, 6.07) is 7.92. The quantitative estimate of drug-likeness (QED) is 0.803. The Hall–Kier alpha value is -1.16. The molecule has 1 aromatic carbocycles. The van der Waals surface area contributed by atoms with Crippen LogP contribution in [0, 0.1) is 5.92 Å². The third-order valence-electron chi connectivity index (χ3n) is 3.50. The van der Waals surface area contributed by atoms with Gasteiger partial charge in [0.15, 0.2) is 0 Å². The lowest BCUT2D eigenvalue weighted by atomic mass is 10.0. The Labute approximate surface area is 105 Å². The summed E-state index contributed by atoms with van der Waals surface area (Å²) in [5, 5.41) is 7.35. The van der Waals surface area contributed by atoms with Crippen molar-refractivity contribution in [2.24, 2.45) is 5.92 Å². The van der Waals surface area contributed by atoms with E-state index in [0.717, 1.165) is 24.2 Å². The molecule has 2 heterocycles. The maximum absolute atomic E-state index is 12.2. The van der Waals surface area contributed by atoms with Crippen molar-refractivity contribution in [3.63, 3.8) is 0 Å². The Morgan fingerprint density at radius 2 is 2.12 bits per heavy atom. The molecule has 4 heteroatoms. The molecule has 0 spiro atoms. The predicted octanol–water partition coefficient (Wildman–Crippen LogP) is 2.91. The second kappa shape index (κ2) is 4.26. The Morgan fingerprint density at radius 3 is 2.88 bits per heavy atom. The summed E-state index contributed by atoms with van der Waals surface area (Å²) < 4.78 is 0. The molecule has 3 atom stereocenters. The van der Waals surface area contributed by atoms with Gasteiger partial charge in [-0.05, 0) is 25.0 Å². The van der Waals surface area contributed by atoms with Crippen molar-refractivity contribution in [3.05, 3.63) is 24.3 Å². The fourth-order valence-corrected chi connectivity index (χ4v) is 4.05. The summed E-state index contributed by atoms with van der Waals surface area (Å²) in [4.78, 5) is 12.2. The number of benzene rings is 1. The van der Waals surface area contributed by atoms with E-state index in [0.29, 0.717) is 5.25 Å². The number of hydrogen-bond donors (Lipinski definition) is 2. The van der Waals surface area contributed by atoms with E-state index < -0.39 is 0 Å². The number of para-hydroxylation sites is 2. The molecule has 3 rings (SSSR count). The van der Waals surface area contributed by atoms with Gasteiger partial charge in [0.2, 0.25) is 5.91 Å². The van der Waals surface area contributed by atoms with E-state index in [4.69, 9.17) is 0 Å². The molecular formula is C13H16N2OS. The molecule has 2 aliphatic rings. The van der Waals surface area contributed by atoms with Crippen LogP contribution in [0.5, 0.6) is 0 Å². The smallest absolute Gasteiger partial charge is 0.230 e. The van der Waals surface area contributed by atoms with Crippen LogP contribution in [0.1, 0.15) is 19.8 Å². The van der Waals surface area contributed by atoms with Crippen LogP contribution < -0.4 is 10.6 Å². The summed E-state index contributed by atoms with van der Waals surface area (Å²) in [5.41, 5.74) is 1.94. The summed E-state index contributed by atoms with van der Waals surface area (Å²) in [6.45, 7) is 2.19. The average Bonchev–Trinajstić information content (AvgIpc) is 2.69. The Balaban J connectivity index is 1.91. The van der Waals surface area contributed by atoms with Crippen molar-refractivity contribution >= 4 is 29.0 Å². The molecule has 1 fully saturated rings. The first kappa shape index (κ1) is 11.0. The molecule has 0 saturated carbocycles. The molecule has 17 heavy (non-hydrogen) atoms. The molecule has 1 aromatic rings. The first-order chi connectivity index (χ1) is 8.28. The Morgan fingerprint density at radius 1 is 1.35 bits per heavy atom. The van der Waals surface area contributed by atoms with Gasteiger partial charge >= 0.3 is 0 Å². The highest BCUT2D eigenvalue weighted by molar-refractivity contribution is 8.00. The maximum atomic E-state index is 12.2. The largest absolute Gasteiger partial charge is 0.371 e. The molecule has 0 radical (unpaired) electrons. The molecule has 2 aliphatic heterocycles. The van der Waals surface area contributed by atoms with Gasteiger partial charge in [-0.25, -0.2) is 0 Å². The zero-order valence-electron chi connectivity index (χ0n) is 9.77. The van der Waals surface area contributed by atoms with Crippen LogP contribution in [-0.4, -0.2) is 16.5 Å². The van der Waals surface area contributed by atoms with Gasteiger partial charge in [-0.1, -0.05) is 19.1 Å². The second-order valence-electron chi connectivity index (χ2n) is 4.61. The first-order valence-electron chi connectivity index (χ1n) is 6.10. The number of nitrogens with one attached hydrogen (secondary N) is 2. The van der Waals surface area contributed by atoms with Crippen molar-refractivity contribution in [1.29, 1.82) is 0 Å². The number of carbonyl (C=O) groups excluding carboxylic acids is 1. The van der Waals surface area contributed by atoms with E-state index in [1.807, 2.05) is 36.0 Å². The molecular weight excluding hydrogens is 232 g/mol. The molecule has 0 bridgehead atoms. The lowest BCUT2D eigenvalue weighted by Crippen LogP contribution is -2.29. The minimum absolute atomic E-state index is 0.0948. The van der Waals surface area contributed by atoms with Crippen LogP contribution in [0.3, 0.4) is 0 Å². The Kier molecular flexibility index (Phi) is 2.74. The highest BCUT2D eigenvalue weighted by Gasteiger charge is 2.40. The summed E-state index contributed by atoms with van der Waals surface area (Å²) in [5.74, 6) is 0.258. The van der Waals surface area contributed by atoms with Crippen LogP contribution in [0.4, 0.5) is 11.4 Å². The van der Waals surface area contributed by atoms with Gasteiger partial charge in [0.1, 0.15) is 0 Å². The van der Waals surface area contributed by atoms with E-state index in [9.17, 15) is 4.79 Å². The van der Waals surface area contributed by atoms with Crippen molar-refractivity contribution in [2.75, 3.05) is 10.6 Å². The molecule has 2 N–H and O–H groups in total. The molecule has 1 saturated heterocycles. The number of amides is 1. The van der Waals surface area contributed by atoms with Gasteiger partial charge < -0.3 is 10.6 Å². The van der Waals surface area contributed by atoms with Crippen molar-refractivity contribution in [2.45, 2.75) is 30.4 Å². The van der Waals surface area contributed by atoms with Crippen LogP contribution in [0.2, 0.25) is 0 Å². The fourth-order valence-electron chi connectivity index (χ4n) is 2.50. The normalized spacial score (nSPS) is 30.9. The predicted molar refractivity (Wildman–Crippen MR) is 72.3 cm³/mol. The number of anilines is 2. The van der Waals surface area contributed by atoms with Crippen LogP contribution in [0.25, 0.3) is 0 Å². The molecule has 90 valence electrons. The van der Waals surface area contributed by atoms with E-state index in [1.165, 1.54) is 0 Å². The van der Waals surface area contributed by atoms with Crippen LogP contribution >= 0.6 is 11.8 Å². The molecule has 0 aliphatic carbocycles. The summed E-state index contributed by atoms with van der Waals surface area (Å²) in [6.07, 6.45) is 2.12. The average molecular weight is 248 g/mol. The van der Waals surface area contributed by atoms with Gasteiger partial charge in [-0.2, -0.15) is 0 Å². The molecule has 1 amide bonds. The molecule has 3 unspecified atom stereocenters. The zero-order chi connectivity index (χ0) is 11.8. The van der Waals surface area contributed by atoms with E-state index in [2.05, 4.69) is 17.6 Å². The second-order valence-corrected chi connectivity index (χ2v) is 6.06. The van der Waals surface area contributed by atoms with Crippen molar-refractivity contribution in [1.82, 2.24) is 0 Å². The SMILES string of the molecule is CCC1CC2C(=O)Nc3ccccc3NC2S1. The fraction of sp³-hybridized carbons (Fsp3) is 0.462. The van der Waals surface area contributed by atoms with Crippen LogP contribution in [-0.2, 0) is 4.79 Å². The van der Waals surface area contributed by atoms with Gasteiger partial charge in [0, 0.05) is 5.25 Å². The van der Waals surface area contributed by atoms with Gasteiger partial charge in [0.05, 0.1) is 22.7 Å². The molecule has 3 nitrogen and oxygen atoms in total. The van der Waals surface area contributed by atoms with Crippen molar-refractivity contribution in [3.8, 4) is 0 Å². The minimum atomic E-state index is 0.0948. The van der Waals surface area contributed by atoms with Gasteiger partial charge in [-0.3, -0.25) is 4.79 Å². The highest BCUT2D eigenvalue weighted by atomic mass is 32.2. The summed E-state index contributed by atoms with van der Waals surface area (Å²) in [7, 11) is 0. The van der Waals surface area contributed by atoms with E-state index in [1.54, 1.807) is 0 Å². The maximum Gasteiger partial charge on any atom is 0.230 e. The van der Waals surface area contributed by atoms with E-state index >= 15 is 0 Å². The third kappa shape index (κ3) is 1.90.